The first-order valence-corrected chi connectivity index (χ1v) is 4.73. The van der Waals surface area contributed by atoms with E-state index < -0.39 is 0 Å². The molecule has 2 aromatic rings. The van der Waals surface area contributed by atoms with Gasteiger partial charge in [0.15, 0.2) is 5.76 Å². The van der Waals surface area contributed by atoms with Crippen LogP contribution in [0.5, 0.6) is 0 Å². The molecule has 0 unspecified atom stereocenters. The summed E-state index contributed by atoms with van der Waals surface area (Å²) < 4.78 is 5.26. The van der Waals surface area contributed by atoms with E-state index in [4.69, 9.17) is 9.62 Å². The third-order valence-corrected chi connectivity index (χ3v) is 1.92. The van der Waals surface area contributed by atoms with Gasteiger partial charge in [0.2, 0.25) is 0 Å². The zero-order valence-corrected chi connectivity index (χ0v) is 8.42. The summed E-state index contributed by atoms with van der Waals surface area (Å²) in [4.78, 5) is 0. The summed E-state index contributed by atoms with van der Waals surface area (Å²) in [7, 11) is 0. The molecule has 3 nitrogen and oxygen atoms in total. The highest BCUT2D eigenvalue weighted by Gasteiger charge is 1.95. The van der Waals surface area contributed by atoms with Gasteiger partial charge in [-0.2, -0.15) is 0 Å². The number of oxime groups is 1. The van der Waals surface area contributed by atoms with Crippen LogP contribution in [0.4, 0.5) is 0 Å². The number of furan rings is 1. The molecule has 16 heavy (non-hydrogen) atoms. The monoisotopic (exact) mass is 211 g/mol. The number of hydrogen-bond donors (Lipinski definition) is 1. The van der Waals surface area contributed by atoms with E-state index in [9.17, 15) is 0 Å². The van der Waals surface area contributed by atoms with E-state index in [0.29, 0.717) is 11.5 Å². The van der Waals surface area contributed by atoms with Gasteiger partial charge in [-0.15, -0.1) is 0 Å². The molecule has 0 aliphatic rings. The smallest absolute Gasteiger partial charge is 0.177 e. The van der Waals surface area contributed by atoms with E-state index in [-0.39, 0.29) is 0 Å². The largest absolute Gasteiger partial charge is 0.447 e. The third kappa shape index (κ3) is 2.52. The SMILES string of the molecule is O/N=C\c1ccc(C#Cc2ccccc2)o1. The maximum absolute atomic E-state index is 8.31. The molecule has 0 aliphatic carbocycles. The van der Waals surface area contributed by atoms with Crippen molar-refractivity contribution in [3.05, 3.63) is 59.5 Å². The van der Waals surface area contributed by atoms with Gasteiger partial charge < -0.3 is 9.62 Å². The highest BCUT2D eigenvalue weighted by atomic mass is 16.4. The number of rotatable bonds is 1. The van der Waals surface area contributed by atoms with Crippen molar-refractivity contribution in [3.63, 3.8) is 0 Å². The molecule has 0 atom stereocenters. The molecular weight excluding hydrogens is 202 g/mol. The molecule has 1 heterocycles. The lowest BCUT2D eigenvalue weighted by atomic mass is 10.2. The van der Waals surface area contributed by atoms with E-state index in [1.807, 2.05) is 30.3 Å². The summed E-state index contributed by atoms with van der Waals surface area (Å²) in [6.07, 6.45) is 1.22. The molecule has 0 fully saturated rings. The molecule has 1 N–H and O–H groups in total. The second-order valence-electron chi connectivity index (χ2n) is 3.06. The standard InChI is InChI=1S/C13H9NO2/c15-14-10-13-9-8-12(16-13)7-6-11-4-2-1-3-5-11/h1-5,8-10,15H/b14-10-. The van der Waals surface area contributed by atoms with E-state index in [1.165, 1.54) is 6.21 Å². The Morgan fingerprint density at radius 2 is 1.88 bits per heavy atom. The molecule has 0 saturated carbocycles. The quantitative estimate of drug-likeness (QED) is 0.341. The molecule has 1 aromatic carbocycles. The number of hydrogen-bond acceptors (Lipinski definition) is 3. The summed E-state index contributed by atoms with van der Waals surface area (Å²) in [5.41, 5.74) is 0.927. The first-order chi connectivity index (χ1) is 7.88. The minimum atomic E-state index is 0.472. The Kier molecular flexibility index (Phi) is 3.05. The van der Waals surface area contributed by atoms with Crippen molar-refractivity contribution in [1.29, 1.82) is 0 Å². The number of benzene rings is 1. The van der Waals surface area contributed by atoms with Crippen LogP contribution in [0.2, 0.25) is 0 Å². The maximum atomic E-state index is 8.31. The van der Waals surface area contributed by atoms with Gasteiger partial charge in [0.05, 0.1) is 0 Å². The van der Waals surface area contributed by atoms with Crippen molar-refractivity contribution in [3.8, 4) is 11.8 Å². The highest BCUT2D eigenvalue weighted by molar-refractivity contribution is 5.75. The second kappa shape index (κ2) is 4.85. The van der Waals surface area contributed by atoms with Crippen molar-refractivity contribution in [1.82, 2.24) is 0 Å². The molecule has 0 saturated heterocycles. The van der Waals surface area contributed by atoms with Crippen molar-refractivity contribution < 1.29 is 9.62 Å². The van der Waals surface area contributed by atoms with Crippen LogP contribution in [0.15, 0.2) is 52.0 Å². The Bertz CT molecular complexity index is 544. The van der Waals surface area contributed by atoms with Gasteiger partial charge >= 0.3 is 0 Å². The molecule has 1 aromatic heterocycles. The Morgan fingerprint density at radius 3 is 2.62 bits per heavy atom. The predicted molar refractivity (Wildman–Crippen MR) is 60.5 cm³/mol. The van der Waals surface area contributed by atoms with E-state index in [1.54, 1.807) is 12.1 Å². The Labute approximate surface area is 93.0 Å². The highest BCUT2D eigenvalue weighted by Crippen LogP contribution is 2.04. The molecule has 0 aliphatic heterocycles. The average molecular weight is 211 g/mol. The summed E-state index contributed by atoms with van der Waals surface area (Å²) in [6, 6.07) is 13.1. The van der Waals surface area contributed by atoms with Crippen LogP contribution in [0.3, 0.4) is 0 Å². The van der Waals surface area contributed by atoms with Crippen LogP contribution in [0.25, 0.3) is 0 Å². The van der Waals surface area contributed by atoms with Crippen molar-refractivity contribution in [2.24, 2.45) is 5.16 Å². The van der Waals surface area contributed by atoms with Gasteiger partial charge in [0.25, 0.3) is 0 Å². The maximum Gasteiger partial charge on any atom is 0.177 e. The molecule has 3 heteroatoms. The van der Waals surface area contributed by atoms with Crippen LogP contribution in [0.1, 0.15) is 17.1 Å². The lowest BCUT2D eigenvalue weighted by Gasteiger charge is -1.85. The molecular formula is C13H9NO2. The van der Waals surface area contributed by atoms with Crippen LogP contribution in [-0.2, 0) is 0 Å². The normalized spacial score (nSPS) is 10.0. The van der Waals surface area contributed by atoms with E-state index in [0.717, 1.165) is 5.56 Å². The van der Waals surface area contributed by atoms with Crippen molar-refractivity contribution >= 4 is 6.21 Å². The fourth-order valence-electron chi connectivity index (χ4n) is 1.20. The minimum absolute atomic E-state index is 0.472. The van der Waals surface area contributed by atoms with Crippen molar-refractivity contribution in [2.75, 3.05) is 0 Å². The summed E-state index contributed by atoms with van der Waals surface area (Å²) in [6.45, 7) is 0. The lowest BCUT2D eigenvalue weighted by molar-refractivity contribution is 0.320. The fraction of sp³-hybridized carbons (Fsp3) is 0. The number of nitrogens with zero attached hydrogens (tertiary/aromatic N) is 1. The van der Waals surface area contributed by atoms with Gasteiger partial charge in [-0.3, -0.25) is 0 Å². The first-order valence-electron chi connectivity index (χ1n) is 4.73. The third-order valence-electron chi connectivity index (χ3n) is 1.92. The summed E-state index contributed by atoms with van der Waals surface area (Å²) >= 11 is 0. The molecule has 2 rings (SSSR count). The van der Waals surface area contributed by atoms with Gasteiger partial charge in [0, 0.05) is 5.56 Å². The lowest BCUT2D eigenvalue weighted by Crippen LogP contribution is -1.73. The second-order valence-corrected chi connectivity index (χ2v) is 3.06. The molecule has 0 amide bonds. The van der Waals surface area contributed by atoms with Gasteiger partial charge in [-0.25, -0.2) is 0 Å². The minimum Gasteiger partial charge on any atom is -0.447 e. The molecule has 0 spiro atoms. The van der Waals surface area contributed by atoms with E-state index in [2.05, 4.69) is 17.0 Å². The van der Waals surface area contributed by atoms with Crippen LogP contribution in [0, 0.1) is 11.8 Å². The van der Waals surface area contributed by atoms with E-state index >= 15 is 0 Å². The van der Waals surface area contributed by atoms with Crippen LogP contribution in [-0.4, -0.2) is 11.4 Å². The Balaban J connectivity index is 2.18. The average Bonchev–Trinajstić information content (AvgIpc) is 2.76. The molecule has 0 bridgehead atoms. The van der Waals surface area contributed by atoms with Gasteiger partial charge in [-0.05, 0) is 30.2 Å². The zero-order chi connectivity index (χ0) is 11.2. The summed E-state index contributed by atoms with van der Waals surface area (Å²) in [5.74, 6) is 6.86. The predicted octanol–water partition coefficient (Wildman–Crippen LogP) is 2.49. The molecule has 78 valence electrons. The Morgan fingerprint density at radius 1 is 1.06 bits per heavy atom. The first kappa shape index (κ1) is 10.1. The Hall–Kier alpha value is -2.47. The zero-order valence-electron chi connectivity index (χ0n) is 8.42. The van der Waals surface area contributed by atoms with Crippen LogP contribution >= 0.6 is 0 Å². The molecule has 0 radical (unpaired) electrons. The van der Waals surface area contributed by atoms with Crippen LogP contribution < -0.4 is 0 Å². The summed E-state index contributed by atoms with van der Waals surface area (Å²) in [5, 5.41) is 11.2. The topological polar surface area (TPSA) is 45.7 Å². The van der Waals surface area contributed by atoms with Gasteiger partial charge in [0.1, 0.15) is 12.0 Å². The van der Waals surface area contributed by atoms with Gasteiger partial charge in [-0.1, -0.05) is 29.3 Å². The van der Waals surface area contributed by atoms with Crippen molar-refractivity contribution in [2.45, 2.75) is 0 Å². The fourth-order valence-corrected chi connectivity index (χ4v) is 1.20.